The molecule has 0 fully saturated rings. The van der Waals surface area contributed by atoms with Crippen LogP contribution in [-0.2, 0) is 14.6 Å². The van der Waals surface area contributed by atoms with Crippen LogP contribution in [0.5, 0.6) is 5.75 Å². The van der Waals surface area contributed by atoms with E-state index < -0.39 is 15.1 Å². The maximum absolute atomic E-state index is 13.1. The minimum Gasteiger partial charge on any atom is -0.484 e. The van der Waals surface area contributed by atoms with Gasteiger partial charge >= 0.3 is 0 Å². The molecule has 0 saturated heterocycles. The second-order valence-corrected chi connectivity index (χ2v) is 8.29. The standard InChI is InChI=1S/C22H21NO4S/c24-22(17-27-19-12-6-2-7-13-19)23-16-21(18-10-4-1-5-11-18)28(25,26)20-14-8-3-9-15-20/h1-15,21H,16-17H2,(H,23,24)/t21-/m0/s1. The van der Waals surface area contributed by atoms with E-state index in [1.807, 2.05) is 24.3 Å². The molecule has 0 saturated carbocycles. The summed E-state index contributed by atoms with van der Waals surface area (Å²) >= 11 is 0. The third-order valence-electron chi connectivity index (χ3n) is 4.22. The number of carbonyl (C=O) groups is 1. The third kappa shape index (κ3) is 4.98. The highest BCUT2D eigenvalue weighted by molar-refractivity contribution is 7.91. The van der Waals surface area contributed by atoms with E-state index in [4.69, 9.17) is 4.74 Å². The van der Waals surface area contributed by atoms with Gasteiger partial charge in [0, 0.05) is 6.54 Å². The lowest BCUT2D eigenvalue weighted by Crippen LogP contribution is -2.34. The van der Waals surface area contributed by atoms with Crippen LogP contribution >= 0.6 is 0 Å². The highest BCUT2D eigenvalue weighted by Crippen LogP contribution is 2.28. The number of ether oxygens (including phenoxy) is 1. The Morgan fingerprint density at radius 2 is 1.36 bits per heavy atom. The van der Waals surface area contributed by atoms with Crippen LogP contribution < -0.4 is 10.1 Å². The number of carbonyl (C=O) groups excluding carboxylic acids is 1. The van der Waals surface area contributed by atoms with Gasteiger partial charge in [0.15, 0.2) is 16.4 Å². The fourth-order valence-electron chi connectivity index (χ4n) is 2.77. The quantitative estimate of drug-likeness (QED) is 0.635. The Labute approximate surface area is 164 Å². The summed E-state index contributed by atoms with van der Waals surface area (Å²) in [6.45, 7) is -0.227. The lowest BCUT2D eigenvalue weighted by molar-refractivity contribution is -0.123. The van der Waals surface area contributed by atoms with Gasteiger partial charge in [0.1, 0.15) is 11.0 Å². The smallest absolute Gasteiger partial charge is 0.257 e. The third-order valence-corrected chi connectivity index (χ3v) is 6.33. The fraction of sp³-hybridized carbons (Fsp3) is 0.136. The molecule has 0 aliphatic heterocycles. The van der Waals surface area contributed by atoms with Gasteiger partial charge in [-0.05, 0) is 29.8 Å². The van der Waals surface area contributed by atoms with Crippen LogP contribution in [0.1, 0.15) is 10.8 Å². The summed E-state index contributed by atoms with van der Waals surface area (Å²) in [4.78, 5) is 12.4. The van der Waals surface area contributed by atoms with Crippen LogP contribution in [0.4, 0.5) is 0 Å². The molecular weight excluding hydrogens is 374 g/mol. The summed E-state index contributed by atoms with van der Waals surface area (Å²) in [5.41, 5.74) is 0.621. The van der Waals surface area contributed by atoms with Crippen LogP contribution in [0.15, 0.2) is 95.9 Å². The first kappa shape index (κ1) is 19.6. The van der Waals surface area contributed by atoms with Gasteiger partial charge < -0.3 is 10.1 Å². The van der Waals surface area contributed by atoms with Crippen LogP contribution in [0.3, 0.4) is 0 Å². The molecule has 0 heterocycles. The number of sulfone groups is 1. The van der Waals surface area contributed by atoms with Crippen molar-refractivity contribution < 1.29 is 17.9 Å². The molecule has 28 heavy (non-hydrogen) atoms. The topological polar surface area (TPSA) is 72.5 Å². The summed E-state index contributed by atoms with van der Waals surface area (Å²) in [5, 5.41) is 1.79. The van der Waals surface area contributed by atoms with Gasteiger partial charge in [-0.2, -0.15) is 0 Å². The van der Waals surface area contributed by atoms with E-state index in [1.54, 1.807) is 66.7 Å². The number of para-hydroxylation sites is 1. The van der Waals surface area contributed by atoms with Crippen molar-refractivity contribution in [2.75, 3.05) is 13.2 Å². The Hall–Kier alpha value is -3.12. The number of amides is 1. The number of hydrogen-bond acceptors (Lipinski definition) is 4. The number of nitrogens with one attached hydrogen (secondary N) is 1. The summed E-state index contributed by atoms with van der Waals surface area (Å²) < 4.78 is 31.7. The summed E-state index contributed by atoms with van der Waals surface area (Å²) in [6, 6.07) is 26.1. The normalized spacial score (nSPS) is 12.1. The van der Waals surface area contributed by atoms with Gasteiger partial charge in [0.25, 0.3) is 5.91 Å². The zero-order chi connectivity index (χ0) is 19.8. The Bertz CT molecular complexity index is 990. The number of hydrogen-bond donors (Lipinski definition) is 1. The Morgan fingerprint density at radius 1 is 0.821 bits per heavy atom. The van der Waals surface area contributed by atoms with Crippen molar-refractivity contribution in [2.45, 2.75) is 10.1 Å². The zero-order valence-corrected chi connectivity index (χ0v) is 16.0. The van der Waals surface area contributed by atoms with Gasteiger partial charge in [0.2, 0.25) is 0 Å². The highest BCUT2D eigenvalue weighted by atomic mass is 32.2. The molecule has 0 radical (unpaired) electrons. The molecule has 0 aromatic heterocycles. The van der Waals surface area contributed by atoms with Gasteiger partial charge in [-0.15, -0.1) is 0 Å². The van der Waals surface area contributed by atoms with E-state index in [-0.39, 0.29) is 24.0 Å². The van der Waals surface area contributed by atoms with Crippen LogP contribution in [-0.4, -0.2) is 27.5 Å². The molecule has 5 nitrogen and oxygen atoms in total. The predicted octanol–water partition coefficient (Wildman–Crippen LogP) is 3.40. The van der Waals surface area contributed by atoms with E-state index >= 15 is 0 Å². The van der Waals surface area contributed by atoms with E-state index in [0.29, 0.717) is 11.3 Å². The zero-order valence-electron chi connectivity index (χ0n) is 15.2. The minimum absolute atomic E-state index is 0.0434. The molecule has 144 valence electrons. The van der Waals surface area contributed by atoms with Crippen molar-refractivity contribution >= 4 is 15.7 Å². The largest absolute Gasteiger partial charge is 0.484 e. The highest BCUT2D eigenvalue weighted by Gasteiger charge is 2.29. The summed E-state index contributed by atoms with van der Waals surface area (Å²) in [6.07, 6.45) is 0. The Morgan fingerprint density at radius 3 is 1.96 bits per heavy atom. The first-order chi connectivity index (χ1) is 13.6. The van der Waals surface area contributed by atoms with Crippen molar-refractivity contribution in [2.24, 2.45) is 0 Å². The molecular formula is C22H21NO4S. The number of rotatable bonds is 8. The first-order valence-electron chi connectivity index (χ1n) is 8.86. The van der Waals surface area contributed by atoms with Gasteiger partial charge in [-0.3, -0.25) is 4.79 Å². The SMILES string of the molecule is O=C(COc1ccccc1)NC[C@@H](c1ccccc1)S(=O)(=O)c1ccccc1. The van der Waals surface area contributed by atoms with Crippen molar-refractivity contribution in [3.63, 3.8) is 0 Å². The van der Waals surface area contributed by atoms with Gasteiger partial charge in [-0.1, -0.05) is 66.7 Å². The van der Waals surface area contributed by atoms with Crippen molar-refractivity contribution in [3.05, 3.63) is 96.6 Å². The molecule has 6 heteroatoms. The van der Waals surface area contributed by atoms with Gasteiger partial charge in [-0.25, -0.2) is 8.42 Å². The maximum Gasteiger partial charge on any atom is 0.257 e. The summed E-state index contributed by atoms with van der Waals surface area (Å²) in [7, 11) is -3.67. The molecule has 0 aliphatic rings. The minimum atomic E-state index is -3.67. The molecule has 0 spiro atoms. The van der Waals surface area contributed by atoms with E-state index in [1.165, 1.54) is 0 Å². The molecule has 1 amide bonds. The summed E-state index contributed by atoms with van der Waals surface area (Å²) in [5.74, 6) is 0.196. The van der Waals surface area contributed by atoms with Crippen molar-refractivity contribution in [1.82, 2.24) is 5.32 Å². The fourth-order valence-corrected chi connectivity index (χ4v) is 4.46. The van der Waals surface area contributed by atoms with Crippen LogP contribution in [0.2, 0.25) is 0 Å². The second kappa shape index (κ2) is 9.19. The predicted molar refractivity (Wildman–Crippen MR) is 108 cm³/mol. The molecule has 3 aromatic rings. The monoisotopic (exact) mass is 395 g/mol. The Kier molecular flexibility index (Phi) is 6.45. The lowest BCUT2D eigenvalue weighted by Gasteiger charge is -2.19. The maximum atomic E-state index is 13.1. The van der Waals surface area contributed by atoms with Crippen LogP contribution in [0, 0.1) is 0 Å². The van der Waals surface area contributed by atoms with Gasteiger partial charge in [0.05, 0.1) is 4.90 Å². The van der Waals surface area contributed by atoms with E-state index in [9.17, 15) is 13.2 Å². The van der Waals surface area contributed by atoms with Crippen molar-refractivity contribution in [1.29, 1.82) is 0 Å². The van der Waals surface area contributed by atoms with E-state index in [2.05, 4.69) is 5.32 Å². The first-order valence-corrected chi connectivity index (χ1v) is 10.4. The average Bonchev–Trinajstić information content (AvgIpc) is 2.74. The second-order valence-electron chi connectivity index (χ2n) is 6.16. The van der Waals surface area contributed by atoms with E-state index in [0.717, 1.165) is 0 Å². The number of benzene rings is 3. The molecule has 1 atom stereocenters. The molecule has 0 unspecified atom stereocenters. The Balaban J connectivity index is 1.72. The average molecular weight is 395 g/mol. The lowest BCUT2D eigenvalue weighted by atomic mass is 10.1. The molecule has 3 rings (SSSR count). The molecule has 0 bridgehead atoms. The van der Waals surface area contributed by atoms with Crippen LogP contribution in [0.25, 0.3) is 0 Å². The molecule has 0 aliphatic carbocycles. The molecule has 3 aromatic carbocycles. The van der Waals surface area contributed by atoms with Crippen molar-refractivity contribution in [3.8, 4) is 5.75 Å². The molecule has 1 N–H and O–H groups in total.